The number of aliphatic hydroxyl groups is 1. The second-order valence-electron chi connectivity index (χ2n) is 5.46. The molecule has 11 heteroatoms. The molecule has 0 radical (unpaired) electrons. The second kappa shape index (κ2) is 5.89. The van der Waals surface area contributed by atoms with Crippen LogP contribution in [0.4, 0.5) is 0 Å². The van der Waals surface area contributed by atoms with E-state index in [-0.39, 0.29) is 23.5 Å². The molecule has 3 rings (SSSR count). The van der Waals surface area contributed by atoms with Crippen molar-refractivity contribution in [2.45, 2.75) is 37.9 Å². The molecule has 2 aliphatic rings. The zero-order valence-corrected chi connectivity index (χ0v) is 14.2. The lowest BCUT2D eigenvalue weighted by Crippen LogP contribution is -2.47. The lowest BCUT2D eigenvalue weighted by atomic mass is 9.96. The highest BCUT2D eigenvalue weighted by Gasteiger charge is 2.59. The summed E-state index contributed by atoms with van der Waals surface area (Å²) in [6, 6.07) is 1.26. The van der Waals surface area contributed by atoms with Crippen LogP contribution in [-0.2, 0) is 22.9 Å². The molecule has 2 aliphatic heterocycles. The van der Waals surface area contributed by atoms with Crippen LogP contribution in [0.25, 0.3) is 0 Å². The van der Waals surface area contributed by atoms with Crippen LogP contribution < -0.4 is 5.56 Å². The molecule has 0 spiro atoms. The number of ether oxygens (including phenoxy) is 1. The standard InChI is InChI=1S/C12H17N2O7PS/c1-3-18-22(17)19-6-7-9(21-22)12(2,16)10(20-7)14-5-4-8(15)13-11(14)23/h4-5,7,9-10,16H,3,6H2,1-2H3,(H,13,15,23)/t7-,9+,10-,12?,22?/m1/s1. The lowest BCUT2D eigenvalue weighted by molar-refractivity contribution is -0.0933. The molecule has 128 valence electrons. The van der Waals surface area contributed by atoms with Crippen LogP contribution in [0.3, 0.4) is 0 Å². The normalized spacial score (nSPS) is 40.0. The van der Waals surface area contributed by atoms with Crippen LogP contribution >= 0.6 is 20.0 Å². The molecule has 0 aliphatic carbocycles. The van der Waals surface area contributed by atoms with Crippen molar-refractivity contribution in [3.05, 3.63) is 27.4 Å². The number of nitrogens with one attached hydrogen (secondary N) is 1. The third kappa shape index (κ3) is 2.96. The van der Waals surface area contributed by atoms with Gasteiger partial charge in [0, 0.05) is 12.3 Å². The molecular weight excluding hydrogens is 347 g/mol. The SMILES string of the molecule is CCOP1(=O)OC[C@H]2O[C@@H](n3ccc(=O)[nH]c3=S)C(C)(O)[C@H]2O1. The molecule has 0 amide bonds. The Morgan fingerprint density at radius 3 is 3.04 bits per heavy atom. The van der Waals surface area contributed by atoms with Gasteiger partial charge < -0.3 is 9.84 Å². The summed E-state index contributed by atoms with van der Waals surface area (Å²) < 4.78 is 35.1. The van der Waals surface area contributed by atoms with Gasteiger partial charge in [-0.1, -0.05) is 0 Å². The largest absolute Gasteiger partial charge is 0.475 e. The topological polar surface area (TPSA) is 112 Å². The third-order valence-electron chi connectivity index (χ3n) is 3.75. The van der Waals surface area contributed by atoms with E-state index in [0.717, 1.165) is 0 Å². The Hall–Kier alpha value is -0.870. The minimum absolute atomic E-state index is 0.0503. The Balaban J connectivity index is 1.94. The molecule has 2 fully saturated rings. The average Bonchev–Trinajstić information content (AvgIpc) is 2.71. The first kappa shape index (κ1) is 17.0. The summed E-state index contributed by atoms with van der Waals surface area (Å²) in [6.45, 7) is 3.23. The van der Waals surface area contributed by atoms with Gasteiger partial charge in [-0.05, 0) is 26.1 Å². The number of hydrogen-bond acceptors (Lipinski definition) is 8. The Morgan fingerprint density at radius 2 is 2.39 bits per heavy atom. The molecule has 23 heavy (non-hydrogen) atoms. The average molecular weight is 364 g/mol. The van der Waals surface area contributed by atoms with Gasteiger partial charge in [-0.25, -0.2) is 4.57 Å². The fourth-order valence-corrected chi connectivity index (χ4v) is 4.44. The van der Waals surface area contributed by atoms with Gasteiger partial charge in [0.25, 0.3) is 5.56 Å². The van der Waals surface area contributed by atoms with Crippen molar-refractivity contribution >= 4 is 20.0 Å². The molecule has 2 saturated heterocycles. The van der Waals surface area contributed by atoms with Crippen molar-refractivity contribution in [3.63, 3.8) is 0 Å². The fraction of sp³-hybridized carbons (Fsp3) is 0.667. The molecule has 0 aromatic carbocycles. The van der Waals surface area contributed by atoms with Crippen molar-refractivity contribution < 1.29 is 28.0 Å². The summed E-state index contributed by atoms with van der Waals surface area (Å²) in [6.07, 6.45) is -1.09. The van der Waals surface area contributed by atoms with Gasteiger partial charge in [0.2, 0.25) is 0 Å². The van der Waals surface area contributed by atoms with E-state index >= 15 is 0 Å². The van der Waals surface area contributed by atoms with Crippen LogP contribution in [-0.4, -0.2) is 45.7 Å². The van der Waals surface area contributed by atoms with E-state index in [1.54, 1.807) is 6.92 Å². The first-order valence-corrected chi connectivity index (χ1v) is 8.90. The van der Waals surface area contributed by atoms with Gasteiger partial charge in [-0.3, -0.25) is 27.9 Å². The first-order chi connectivity index (χ1) is 10.8. The number of aromatic amines is 1. The number of phosphoric ester groups is 1. The highest BCUT2D eigenvalue weighted by atomic mass is 32.1. The molecule has 2 unspecified atom stereocenters. The second-order valence-corrected chi connectivity index (χ2v) is 7.47. The van der Waals surface area contributed by atoms with Gasteiger partial charge >= 0.3 is 7.82 Å². The Labute approximate surface area is 136 Å². The molecule has 1 aromatic rings. The molecule has 5 atom stereocenters. The summed E-state index contributed by atoms with van der Waals surface area (Å²) in [4.78, 5) is 13.7. The molecule has 3 heterocycles. The molecule has 0 saturated carbocycles. The van der Waals surface area contributed by atoms with Crippen molar-refractivity contribution in [1.29, 1.82) is 0 Å². The number of fused-ring (bicyclic) bond motifs is 1. The summed E-state index contributed by atoms with van der Waals surface area (Å²) >= 11 is 5.10. The monoisotopic (exact) mass is 364 g/mol. The van der Waals surface area contributed by atoms with Crippen molar-refractivity contribution in [2.24, 2.45) is 0 Å². The maximum absolute atomic E-state index is 12.3. The van der Waals surface area contributed by atoms with E-state index in [2.05, 4.69) is 4.98 Å². The summed E-state index contributed by atoms with van der Waals surface area (Å²) in [5.74, 6) is 0. The summed E-state index contributed by atoms with van der Waals surface area (Å²) in [7, 11) is -3.73. The van der Waals surface area contributed by atoms with Gasteiger partial charge in [-0.15, -0.1) is 0 Å². The molecule has 9 nitrogen and oxygen atoms in total. The van der Waals surface area contributed by atoms with Gasteiger partial charge in [0.1, 0.15) is 17.8 Å². The van der Waals surface area contributed by atoms with E-state index in [0.29, 0.717) is 0 Å². The Morgan fingerprint density at radius 1 is 1.65 bits per heavy atom. The highest BCUT2D eigenvalue weighted by Crippen LogP contribution is 2.58. The van der Waals surface area contributed by atoms with Crippen molar-refractivity contribution in [1.82, 2.24) is 9.55 Å². The van der Waals surface area contributed by atoms with E-state index in [4.69, 9.17) is 30.5 Å². The predicted octanol–water partition coefficient (Wildman–Crippen LogP) is 1.11. The fourth-order valence-electron chi connectivity index (χ4n) is 2.71. The molecule has 0 bridgehead atoms. The Kier molecular flexibility index (Phi) is 4.35. The number of aromatic nitrogens is 2. The van der Waals surface area contributed by atoms with Crippen molar-refractivity contribution in [2.75, 3.05) is 13.2 Å². The van der Waals surface area contributed by atoms with Crippen LogP contribution in [0.15, 0.2) is 17.1 Å². The smallest absolute Gasteiger partial charge is 0.383 e. The van der Waals surface area contributed by atoms with Crippen LogP contribution in [0.2, 0.25) is 0 Å². The number of phosphoric acid groups is 1. The van der Waals surface area contributed by atoms with E-state index < -0.39 is 31.9 Å². The number of hydrogen-bond donors (Lipinski definition) is 2. The van der Waals surface area contributed by atoms with Gasteiger partial charge in [0.05, 0.1) is 13.2 Å². The zero-order valence-electron chi connectivity index (χ0n) is 12.5. The van der Waals surface area contributed by atoms with Gasteiger partial charge in [0.15, 0.2) is 11.0 Å². The zero-order chi connectivity index (χ0) is 16.8. The minimum atomic E-state index is -3.73. The number of rotatable bonds is 3. The van der Waals surface area contributed by atoms with Crippen LogP contribution in [0.5, 0.6) is 0 Å². The predicted molar refractivity (Wildman–Crippen MR) is 80.5 cm³/mol. The first-order valence-electron chi connectivity index (χ1n) is 7.03. The van der Waals surface area contributed by atoms with Crippen molar-refractivity contribution in [3.8, 4) is 0 Å². The number of H-pyrrole nitrogens is 1. The van der Waals surface area contributed by atoms with Crippen LogP contribution in [0, 0.1) is 4.77 Å². The minimum Gasteiger partial charge on any atom is -0.383 e. The summed E-state index contributed by atoms with van der Waals surface area (Å²) in [5, 5.41) is 10.9. The van der Waals surface area contributed by atoms with E-state index in [1.807, 2.05) is 0 Å². The number of nitrogens with zero attached hydrogens (tertiary/aromatic N) is 1. The summed E-state index contributed by atoms with van der Waals surface area (Å²) in [5.41, 5.74) is -1.92. The molecular formula is C12H17N2O7PS. The lowest BCUT2D eigenvalue weighted by Gasteiger charge is -2.34. The van der Waals surface area contributed by atoms with Gasteiger partial charge in [-0.2, -0.15) is 0 Å². The van der Waals surface area contributed by atoms with Crippen LogP contribution in [0.1, 0.15) is 20.1 Å². The van der Waals surface area contributed by atoms with E-state index in [1.165, 1.54) is 23.8 Å². The molecule has 1 aromatic heterocycles. The highest BCUT2D eigenvalue weighted by molar-refractivity contribution is 7.71. The maximum atomic E-state index is 12.3. The third-order valence-corrected chi connectivity index (χ3v) is 5.59. The Bertz CT molecular complexity index is 760. The van der Waals surface area contributed by atoms with E-state index in [9.17, 15) is 14.5 Å². The maximum Gasteiger partial charge on any atom is 0.475 e. The molecule has 2 N–H and O–H groups in total. The quantitative estimate of drug-likeness (QED) is 0.606.